The highest BCUT2D eigenvalue weighted by Gasteiger charge is 2.21. The summed E-state index contributed by atoms with van der Waals surface area (Å²) in [6.07, 6.45) is 2.24. The van der Waals surface area contributed by atoms with E-state index in [0.717, 1.165) is 12.8 Å². The van der Waals surface area contributed by atoms with Crippen LogP contribution in [0.3, 0.4) is 0 Å². The van der Waals surface area contributed by atoms with Crippen LogP contribution >= 0.6 is 0 Å². The molecule has 0 saturated carbocycles. The first kappa shape index (κ1) is 13.7. The summed E-state index contributed by atoms with van der Waals surface area (Å²) in [4.78, 5) is 0. The molecule has 0 spiro atoms. The number of phenols is 1. The Bertz CT molecular complexity index is 487. The monoisotopic (exact) mass is 254 g/mol. The molecule has 0 heterocycles. The summed E-state index contributed by atoms with van der Waals surface area (Å²) >= 11 is 0. The Kier molecular flexibility index (Phi) is 4.62. The average Bonchev–Trinajstić information content (AvgIpc) is 2.47. The Morgan fingerprint density at radius 2 is 1.21 bits per heavy atom. The number of rotatable bonds is 5. The zero-order chi connectivity index (χ0) is 13.7. The second-order valence-electron chi connectivity index (χ2n) is 5.03. The third kappa shape index (κ3) is 3.17. The van der Waals surface area contributed by atoms with Crippen molar-refractivity contribution >= 4 is 0 Å². The van der Waals surface area contributed by atoms with Gasteiger partial charge in [0.1, 0.15) is 5.75 Å². The smallest absolute Gasteiger partial charge is 0.115 e. The minimum Gasteiger partial charge on any atom is -0.508 e. The zero-order valence-corrected chi connectivity index (χ0v) is 11.7. The molecule has 0 aliphatic rings. The molecule has 0 aliphatic carbocycles. The van der Waals surface area contributed by atoms with Gasteiger partial charge in [-0.25, -0.2) is 0 Å². The first-order valence-corrected chi connectivity index (χ1v) is 7.10. The Hall–Kier alpha value is -1.76. The van der Waals surface area contributed by atoms with E-state index >= 15 is 0 Å². The standard InChI is InChI=1S/C18H22O/c1-3-17(14-8-6-5-7-9-14)18(4-2)15-10-12-16(19)13-11-15/h5-13,17-19H,3-4H2,1-2H3/t17-,18+/m0/s1. The van der Waals surface area contributed by atoms with E-state index in [1.54, 1.807) is 12.1 Å². The van der Waals surface area contributed by atoms with Crippen molar-refractivity contribution in [3.05, 3.63) is 65.7 Å². The number of benzene rings is 2. The van der Waals surface area contributed by atoms with Crippen LogP contribution in [0.15, 0.2) is 54.6 Å². The van der Waals surface area contributed by atoms with Gasteiger partial charge in [-0.05, 0) is 47.9 Å². The van der Waals surface area contributed by atoms with Crippen molar-refractivity contribution in [3.8, 4) is 5.75 Å². The van der Waals surface area contributed by atoms with Crippen LogP contribution in [0.2, 0.25) is 0 Å². The maximum Gasteiger partial charge on any atom is 0.115 e. The summed E-state index contributed by atoms with van der Waals surface area (Å²) in [6, 6.07) is 18.4. The first-order valence-electron chi connectivity index (χ1n) is 7.10. The number of hydrogen-bond donors (Lipinski definition) is 1. The lowest BCUT2D eigenvalue weighted by Crippen LogP contribution is -2.10. The van der Waals surface area contributed by atoms with Crippen LogP contribution in [-0.2, 0) is 0 Å². The summed E-state index contributed by atoms with van der Waals surface area (Å²) in [7, 11) is 0. The molecule has 19 heavy (non-hydrogen) atoms. The first-order chi connectivity index (χ1) is 9.26. The van der Waals surface area contributed by atoms with E-state index in [-0.39, 0.29) is 0 Å². The van der Waals surface area contributed by atoms with Crippen molar-refractivity contribution in [2.45, 2.75) is 38.5 Å². The largest absolute Gasteiger partial charge is 0.508 e. The van der Waals surface area contributed by atoms with Gasteiger partial charge >= 0.3 is 0 Å². The highest BCUT2D eigenvalue weighted by molar-refractivity contribution is 5.32. The molecule has 2 aromatic carbocycles. The predicted molar refractivity (Wildman–Crippen MR) is 80.6 cm³/mol. The molecular formula is C18H22O. The molecule has 100 valence electrons. The molecule has 0 aliphatic heterocycles. The van der Waals surface area contributed by atoms with Crippen LogP contribution in [0, 0.1) is 0 Å². The summed E-state index contributed by atoms with van der Waals surface area (Å²) in [5, 5.41) is 9.42. The Morgan fingerprint density at radius 1 is 0.737 bits per heavy atom. The fourth-order valence-electron chi connectivity index (χ4n) is 2.93. The second-order valence-corrected chi connectivity index (χ2v) is 5.03. The molecule has 0 fully saturated rings. The van der Waals surface area contributed by atoms with Gasteiger partial charge in [0, 0.05) is 0 Å². The third-order valence-electron chi connectivity index (χ3n) is 3.91. The van der Waals surface area contributed by atoms with E-state index in [9.17, 15) is 5.11 Å². The summed E-state index contributed by atoms with van der Waals surface area (Å²) < 4.78 is 0. The van der Waals surface area contributed by atoms with Gasteiger partial charge in [0.05, 0.1) is 0 Å². The van der Waals surface area contributed by atoms with Crippen molar-refractivity contribution in [2.24, 2.45) is 0 Å². The minimum absolute atomic E-state index is 0.339. The maximum atomic E-state index is 9.42. The predicted octanol–water partition coefficient (Wildman–Crippen LogP) is 5.08. The van der Waals surface area contributed by atoms with E-state index < -0.39 is 0 Å². The molecule has 0 saturated heterocycles. The highest BCUT2D eigenvalue weighted by Crippen LogP contribution is 2.38. The van der Waals surface area contributed by atoms with Crippen molar-refractivity contribution in [2.75, 3.05) is 0 Å². The lowest BCUT2D eigenvalue weighted by Gasteiger charge is -2.26. The van der Waals surface area contributed by atoms with Gasteiger partial charge in [-0.1, -0.05) is 56.3 Å². The van der Waals surface area contributed by atoms with Gasteiger partial charge in [0.15, 0.2) is 0 Å². The van der Waals surface area contributed by atoms with Gasteiger partial charge < -0.3 is 5.11 Å². The van der Waals surface area contributed by atoms with Crippen molar-refractivity contribution in [3.63, 3.8) is 0 Å². The average molecular weight is 254 g/mol. The van der Waals surface area contributed by atoms with Crippen LogP contribution in [-0.4, -0.2) is 5.11 Å². The van der Waals surface area contributed by atoms with Gasteiger partial charge in [-0.3, -0.25) is 0 Å². The Morgan fingerprint density at radius 3 is 1.68 bits per heavy atom. The number of hydrogen-bond acceptors (Lipinski definition) is 1. The Balaban J connectivity index is 2.31. The van der Waals surface area contributed by atoms with E-state index in [2.05, 4.69) is 56.3 Å². The third-order valence-corrected chi connectivity index (χ3v) is 3.91. The molecule has 2 atom stereocenters. The number of aromatic hydroxyl groups is 1. The zero-order valence-electron chi connectivity index (χ0n) is 11.7. The summed E-state index contributed by atoms with van der Waals surface area (Å²) in [5.74, 6) is 1.38. The van der Waals surface area contributed by atoms with Crippen LogP contribution in [0.5, 0.6) is 5.75 Å². The molecule has 0 amide bonds. The topological polar surface area (TPSA) is 20.2 Å². The lowest BCUT2D eigenvalue weighted by atomic mass is 9.78. The molecule has 1 nitrogen and oxygen atoms in total. The molecule has 1 N–H and O–H groups in total. The van der Waals surface area contributed by atoms with Crippen molar-refractivity contribution < 1.29 is 5.11 Å². The fraction of sp³-hybridized carbons (Fsp3) is 0.333. The van der Waals surface area contributed by atoms with Crippen LogP contribution in [0.1, 0.15) is 49.7 Å². The van der Waals surface area contributed by atoms with Crippen LogP contribution < -0.4 is 0 Å². The lowest BCUT2D eigenvalue weighted by molar-refractivity contribution is 0.473. The van der Waals surface area contributed by atoms with E-state index in [0.29, 0.717) is 17.6 Å². The van der Waals surface area contributed by atoms with E-state index in [1.807, 2.05) is 0 Å². The molecule has 0 unspecified atom stereocenters. The minimum atomic E-state index is 0.339. The van der Waals surface area contributed by atoms with Crippen molar-refractivity contribution in [1.29, 1.82) is 0 Å². The van der Waals surface area contributed by atoms with Gasteiger partial charge in [0.2, 0.25) is 0 Å². The van der Waals surface area contributed by atoms with E-state index in [4.69, 9.17) is 0 Å². The van der Waals surface area contributed by atoms with Crippen molar-refractivity contribution in [1.82, 2.24) is 0 Å². The molecular weight excluding hydrogens is 232 g/mol. The molecule has 1 heteroatoms. The summed E-state index contributed by atoms with van der Waals surface area (Å²) in [6.45, 7) is 4.49. The summed E-state index contributed by atoms with van der Waals surface area (Å²) in [5.41, 5.74) is 2.72. The van der Waals surface area contributed by atoms with Crippen LogP contribution in [0.25, 0.3) is 0 Å². The molecule has 0 bridgehead atoms. The quantitative estimate of drug-likeness (QED) is 0.789. The molecule has 0 radical (unpaired) electrons. The van der Waals surface area contributed by atoms with E-state index in [1.165, 1.54) is 11.1 Å². The second kappa shape index (κ2) is 6.42. The maximum absolute atomic E-state index is 9.42. The van der Waals surface area contributed by atoms with Gasteiger partial charge in [-0.15, -0.1) is 0 Å². The molecule has 2 rings (SSSR count). The Labute approximate surface area is 115 Å². The highest BCUT2D eigenvalue weighted by atomic mass is 16.3. The van der Waals surface area contributed by atoms with Gasteiger partial charge in [-0.2, -0.15) is 0 Å². The molecule has 0 aromatic heterocycles. The van der Waals surface area contributed by atoms with Gasteiger partial charge in [0.25, 0.3) is 0 Å². The fourth-order valence-corrected chi connectivity index (χ4v) is 2.93. The SMILES string of the molecule is CC[C@H](c1ccc(O)cc1)[C@@H](CC)c1ccccc1. The van der Waals surface area contributed by atoms with Crippen LogP contribution in [0.4, 0.5) is 0 Å². The normalized spacial score (nSPS) is 14.0. The molecule has 2 aromatic rings. The number of phenolic OH excluding ortho intramolecular Hbond substituents is 1.